The highest BCUT2D eigenvalue weighted by Crippen LogP contribution is 2.28. The van der Waals surface area contributed by atoms with Gasteiger partial charge in [-0.1, -0.05) is 42.5 Å². The number of aromatic nitrogens is 6. The quantitative estimate of drug-likeness (QED) is 0.0638. The molecule has 0 aliphatic carbocycles. The second-order valence-corrected chi connectivity index (χ2v) is 13.1. The van der Waals surface area contributed by atoms with Crippen LogP contribution in [0.2, 0.25) is 10.6 Å². The van der Waals surface area contributed by atoms with Crippen LogP contribution >= 0.6 is 23.2 Å². The molecule has 0 saturated carbocycles. The molecule has 0 radical (unpaired) electrons. The third-order valence-electron chi connectivity index (χ3n) is 6.18. The Balaban J connectivity index is 1.41. The summed E-state index contributed by atoms with van der Waals surface area (Å²) in [6.45, 7) is -0.0658. The van der Waals surface area contributed by atoms with Gasteiger partial charge in [0.2, 0.25) is 34.4 Å². The normalized spacial score (nSPS) is 11.8. The van der Waals surface area contributed by atoms with E-state index in [9.17, 15) is 25.9 Å². The number of para-hydroxylation sites is 1. The molecular formula is C28H24Cl2N10O7S2. The fraction of sp³-hybridized carbons (Fsp3) is 0.0714. The van der Waals surface area contributed by atoms with Gasteiger partial charge in [0, 0.05) is 23.6 Å². The summed E-state index contributed by atoms with van der Waals surface area (Å²) in [7, 11) is -9.62. The first-order valence-electron chi connectivity index (χ1n) is 13.7. The first kappa shape index (κ1) is 35.3. The van der Waals surface area contributed by atoms with Crippen molar-refractivity contribution in [1.82, 2.24) is 29.9 Å². The second kappa shape index (κ2) is 15.0. The molecule has 0 amide bonds. The predicted molar refractivity (Wildman–Crippen MR) is 183 cm³/mol. The SMILES string of the molecule is O=S(=O)(O)c1cc(Nc2nc(Cl)nc(NCCO)n2)ccc1/C=C/c1ccc(Nc2nc(Cl)nc(Nc3ccccc3)n2)cc1S(=O)(=O)O. The highest BCUT2D eigenvalue weighted by molar-refractivity contribution is 7.86. The lowest BCUT2D eigenvalue weighted by atomic mass is 10.1. The van der Waals surface area contributed by atoms with Crippen LogP contribution < -0.4 is 21.3 Å². The monoisotopic (exact) mass is 746 g/mol. The van der Waals surface area contributed by atoms with Crippen molar-refractivity contribution in [2.75, 3.05) is 34.4 Å². The van der Waals surface area contributed by atoms with Crippen LogP contribution in [0.15, 0.2) is 76.5 Å². The van der Waals surface area contributed by atoms with Crippen LogP contribution in [0.3, 0.4) is 0 Å². The Morgan fingerprint density at radius 1 is 0.592 bits per heavy atom. The largest absolute Gasteiger partial charge is 0.395 e. The van der Waals surface area contributed by atoms with E-state index >= 15 is 0 Å². The Kier molecular flexibility index (Phi) is 10.8. The van der Waals surface area contributed by atoms with Gasteiger partial charge in [0.25, 0.3) is 20.2 Å². The number of hydrogen-bond acceptors (Lipinski definition) is 15. The van der Waals surface area contributed by atoms with Crippen LogP contribution in [0.25, 0.3) is 12.2 Å². The van der Waals surface area contributed by atoms with Gasteiger partial charge >= 0.3 is 0 Å². The van der Waals surface area contributed by atoms with E-state index < -0.39 is 30.0 Å². The molecule has 0 saturated heterocycles. The molecule has 21 heteroatoms. The Labute approximate surface area is 289 Å². The van der Waals surface area contributed by atoms with E-state index in [1.807, 2.05) is 6.07 Å². The van der Waals surface area contributed by atoms with Crippen molar-refractivity contribution in [2.24, 2.45) is 0 Å². The van der Waals surface area contributed by atoms with E-state index in [0.29, 0.717) is 5.69 Å². The fourth-order valence-electron chi connectivity index (χ4n) is 4.15. The number of nitrogens with zero attached hydrogens (tertiary/aromatic N) is 6. The number of halogens is 2. The molecule has 0 atom stereocenters. The molecular weight excluding hydrogens is 723 g/mol. The predicted octanol–water partition coefficient (Wildman–Crippen LogP) is 4.66. The zero-order chi connectivity index (χ0) is 35.2. The van der Waals surface area contributed by atoms with Gasteiger partial charge in [0.1, 0.15) is 9.79 Å². The van der Waals surface area contributed by atoms with Crippen molar-refractivity contribution in [3.63, 3.8) is 0 Å². The first-order chi connectivity index (χ1) is 23.3. The molecule has 17 nitrogen and oxygen atoms in total. The summed E-state index contributed by atoms with van der Waals surface area (Å²) in [5.41, 5.74) is 0.903. The van der Waals surface area contributed by atoms with Gasteiger partial charge in [0.15, 0.2) is 0 Å². The molecule has 0 spiro atoms. The van der Waals surface area contributed by atoms with E-state index in [0.717, 1.165) is 12.1 Å². The van der Waals surface area contributed by atoms with Gasteiger partial charge in [-0.25, -0.2) is 0 Å². The first-order valence-corrected chi connectivity index (χ1v) is 17.4. The average Bonchev–Trinajstić information content (AvgIpc) is 3.02. The average molecular weight is 748 g/mol. The lowest BCUT2D eigenvalue weighted by Gasteiger charge is -2.11. The maximum Gasteiger partial charge on any atom is 0.295 e. The molecule has 0 aliphatic heterocycles. The van der Waals surface area contributed by atoms with Gasteiger partial charge in [-0.2, -0.15) is 46.7 Å². The Hall–Kier alpha value is -5.02. The number of aliphatic hydroxyl groups excluding tert-OH is 1. The Bertz CT molecular complexity index is 2250. The van der Waals surface area contributed by atoms with Gasteiger partial charge in [-0.15, -0.1) is 0 Å². The van der Waals surface area contributed by atoms with Crippen LogP contribution in [0, 0.1) is 0 Å². The zero-order valence-corrected chi connectivity index (χ0v) is 27.8. The number of aliphatic hydroxyl groups is 1. The summed E-state index contributed by atoms with van der Waals surface area (Å²) in [5, 5.41) is 19.9. The van der Waals surface area contributed by atoms with E-state index in [-0.39, 0.29) is 70.0 Å². The van der Waals surface area contributed by atoms with Gasteiger partial charge in [0.05, 0.1) is 6.61 Å². The Morgan fingerprint density at radius 2 is 1.02 bits per heavy atom. The maximum absolute atomic E-state index is 12.4. The highest BCUT2D eigenvalue weighted by atomic mass is 35.5. The number of rotatable bonds is 13. The van der Waals surface area contributed by atoms with Crippen LogP contribution in [-0.2, 0) is 20.2 Å². The van der Waals surface area contributed by atoms with Crippen molar-refractivity contribution < 1.29 is 31.0 Å². The van der Waals surface area contributed by atoms with Gasteiger partial charge in [-0.3, -0.25) is 9.11 Å². The van der Waals surface area contributed by atoms with E-state index in [1.54, 1.807) is 24.3 Å². The van der Waals surface area contributed by atoms with Gasteiger partial charge < -0.3 is 26.4 Å². The molecule has 7 N–H and O–H groups in total. The van der Waals surface area contributed by atoms with Crippen LogP contribution in [0.1, 0.15) is 11.1 Å². The molecule has 0 bridgehead atoms. The Morgan fingerprint density at radius 3 is 1.47 bits per heavy atom. The van der Waals surface area contributed by atoms with E-state index in [4.69, 9.17) is 28.3 Å². The second-order valence-electron chi connectivity index (χ2n) is 9.68. The number of hydrogen-bond donors (Lipinski definition) is 7. The summed E-state index contributed by atoms with van der Waals surface area (Å²) >= 11 is 12.0. The fourth-order valence-corrected chi connectivity index (χ4v) is 5.89. The summed E-state index contributed by atoms with van der Waals surface area (Å²) in [6, 6.07) is 16.7. The molecule has 2 heterocycles. The summed E-state index contributed by atoms with van der Waals surface area (Å²) < 4.78 is 69.3. The van der Waals surface area contributed by atoms with Crippen LogP contribution in [0.4, 0.5) is 40.9 Å². The summed E-state index contributed by atoms with van der Waals surface area (Å²) in [5.74, 6) is 0.0473. The lowest BCUT2D eigenvalue weighted by Crippen LogP contribution is -2.11. The van der Waals surface area contributed by atoms with Crippen molar-refractivity contribution in [1.29, 1.82) is 0 Å². The topological polar surface area (TPSA) is 254 Å². The zero-order valence-electron chi connectivity index (χ0n) is 24.7. The lowest BCUT2D eigenvalue weighted by molar-refractivity contribution is 0.311. The van der Waals surface area contributed by atoms with Crippen molar-refractivity contribution in [3.05, 3.63) is 88.4 Å². The highest BCUT2D eigenvalue weighted by Gasteiger charge is 2.19. The standard InChI is InChI=1S/C28H24Cl2N10O7S2/c29-23-35-25(31-12-13-41)39-27(36-23)33-19-10-8-16(21(14-19)48(42,43)44)6-7-17-9-11-20(15-22(17)49(45,46)47)34-28-38-24(30)37-26(40-28)32-18-4-2-1-3-5-18/h1-11,14-15,41H,12-13H2,(H,42,43,44)(H,45,46,47)(H2,31,33,35,36,39)(H2,32,34,37,38,40)/b7-6+. The minimum absolute atomic E-state index is 0.0283. The molecule has 0 aliphatic rings. The van der Waals surface area contributed by atoms with E-state index in [1.165, 1.54) is 36.4 Å². The molecule has 254 valence electrons. The molecule has 0 fully saturated rings. The number of benzene rings is 3. The van der Waals surface area contributed by atoms with Crippen molar-refractivity contribution >= 4 is 96.4 Å². The van der Waals surface area contributed by atoms with Crippen LogP contribution in [-0.4, -0.2) is 74.1 Å². The molecule has 5 rings (SSSR count). The smallest absolute Gasteiger partial charge is 0.295 e. The molecule has 49 heavy (non-hydrogen) atoms. The van der Waals surface area contributed by atoms with Crippen LogP contribution in [0.5, 0.6) is 0 Å². The maximum atomic E-state index is 12.4. The van der Waals surface area contributed by atoms with E-state index in [2.05, 4.69) is 51.2 Å². The third-order valence-corrected chi connectivity index (χ3v) is 8.34. The molecule has 2 aromatic heterocycles. The van der Waals surface area contributed by atoms with Gasteiger partial charge in [-0.05, 0) is 70.7 Å². The van der Waals surface area contributed by atoms with Crippen molar-refractivity contribution in [3.8, 4) is 0 Å². The summed E-state index contributed by atoms with van der Waals surface area (Å²) in [6.07, 6.45) is 2.46. The minimum atomic E-state index is -4.81. The molecule has 0 unspecified atom stereocenters. The third kappa shape index (κ3) is 9.76. The molecule has 3 aromatic carbocycles. The number of anilines is 7. The molecule has 5 aromatic rings. The summed E-state index contributed by atoms with van der Waals surface area (Å²) in [4.78, 5) is 23.0. The number of nitrogens with one attached hydrogen (secondary N) is 4. The van der Waals surface area contributed by atoms with Crippen molar-refractivity contribution in [2.45, 2.75) is 9.79 Å². The minimum Gasteiger partial charge on any atom is -0.395 e.